The fourth-order valence-corrected chi connectivity index (χ4v) is 2.39. The summed E-state index contributed by atoms with van der Waals surface area (Å²) in [6, 6.07) is 12.8. The predicted molar refractivity (Wildman–Crippen MR) is 83.9 cm³/mol. The van der Waals surface area contributed by atoms with E-state index in [4.69, 9.17) is 4.74 Å². The average Bonchev–Trinajstić information content (AvgIpc) is 2.53. The van der Waals surface area contributed by atoms with E-state index in [9.17, 15) is 10.2 Å². The number of phenols is 1. The van der Waals surface area contributed by atoms with Gasteiger partial charge in [0.25, 0.3) is 0 Å². The zero-order valence-corrected chi connectivity index (χ0v) is 13.7. The Kier molecular flexibility index (Phi) is 5.54. The van der Waals surface area contributed by atoms with Gasteiger partial charge in [-0.2, -0.15) is 0 Å². The summed E-state index contributed by atoms with van der Waals surface area (Å²) in [6.07, 6.45) is -0.535. The fraction of sp³-hybridized carbons (Fsp3) is 0.250. The van der Waals surface area contributed by atoms with Crippen LogP contribution in [0.1, 0.15) is 17.2 Å². The van der Waals surface area contributed by atoms with Crippen molar-refractivity contribution in [3.05, 3.63) is 53.6 Å². The third-order valence-corrected chi connectivity index (χ3v) is 3.95. The first-order chi connectivity index (χ1) is 10.1. The maximum absolute atomic E-state index is 9.88. The second-order valence-electron chi connectivity index (χ2n) is 4.68. The molecule has 0 aromatic heterocycles. The van der Waals surface area contributed by atoms with Gasteiger partial charge in [0.2, 0.25) is 0 Å². The minimum absolute atomic E-state index is 0.171. The van der Waals surface area contributed by atoms with Crippen LogP contribution in [0.15, 0.2) is 42.5 Å². The molecule has 5 heteroatoms. The van der Waals surface area contributed by atoms with Gasteiger partial charge in [0.05, 0.1) is 7.11 Å². The van der Waals surface area contributed by atoms with Crippen LogP contribution >= 0.6 is 0 Å². The summed E-state index contributed by atoms with van der Waals surface area (Å²) in [6.45, 7) is 0.583. The van der Waals surface area contributed by atoms with Gasteiger partial charge in [-0.25, -0.2) is 0 Å². The molecule has 2 rings (SSSR count). The Hall–Kier alpha value is -1.64. The number of aliphatic hydroxyl groups excluding tert-OH is 1. The van der Waals surface area contributed by atoms with Crippen LogP contribution in [0, 0.1) is 0 Å². The number of hydrogen-bond acceptors (Lipinski definition) is 4. The van der Waals surface area contributed by atoms with E-state index >= 15 is 0 Å². The Labute approximate surface area is 133 Å². The number of benzene rings is 2. The van der Waals surface area contributed by atoms with Crippen LogP contribution in [-0.4, -0.2) is 34.2 Å². The minimum atomic E-state index is -0.535. The van der Waals surface area contributed by atoms with E-state index in [0.717, 1.165) is 16.9 Å². The first kappa shape index (κ1) is 15.7. The molecular formula is C16H18AsNO3. The standard InChI is InChI=1S/C16H18AsNO3/c1-21-13-5-2-11(3-6-13)10-18-14-8-12(16(20)9-17)4-7-15(14)19/h2-8,16,18-20H,9-10H2,1H3. The SMILES string of the molecule is COc1ccc(CNc2cc(C(O)C[As])ccc2O)cc1. The first-order valence-electron chi connectivity index (χ1n) is 6.62. The summed E-state index contributed by atoms with van der Waals surface area (Å²) in [5.74, 6) is 0.984. The molecule has 0 spiro atoms. The number of methoxy groups -OCH3 is 1. The normalized spacial score (nSPS) is 12.0. The molecule has 0 heterocycles. The van der Waals surface area contributed by atoms with Crippen LogP contribution in [-0.2, 0) is 6.54 Å². The second kappa shape index (κ2) is 7.39. The number of hydrogen-bond donors (Lipinski definition) is 3. The van der Waals surface area contributed by atoms with Crippen LogP contribution in [0.5, 0.6) is 11.5 Å². The molecule has 2 aromatic rings. The molecule has 110 valence electrons. The molecule has 0 amide bonds. The van der Waals surface area contributed by atoms with Gasteiger partial charge in [0, 0.05) is 0 Å². The van der Waals surface area contributed by atoms with E-state index in [-0.39, 0.29) is 5.75 Å². The fourth-order valence-electron chi connectivity index (χ4n) is 1.95. The molecule has 2 radical (unpaired) electrons. The van der Waals surface area contributed by atoms with Crippen LogP contribution in [0.3, 0.4) is 0 Å². The number of rotatable bonds is 6. The molecule has 3 N–H and O–H groups in total. The van der Waals surface area contributed by atoms with Crippen molar-refractivity contribution in [1.29, 1.82) is 0 Å². The molecule has 1 atom stereocenters. The number of anilines is 1. The van der Waals surface area contributed by atoms with Crippen molar-refractivity contribution < 1.29 is 14.9 Å². The first-order valence-corrected chi connectivity index (χ1v) is 7.95. The van der Waals surface area contributed by atoms with Gasteiger partial charge in [-0.15, -0.1) is 0 Å². The number of phenolic OH excluding ortho intramolecular Hbond substituents is 1. The zero-order chi connectivity index (χ0) is 15.2. The Bertz CT molecular complexity index is 587. The van der Waals surface area contributed by atoms with Gasteiger partial charge >= 0.3 is 126 Å². The van der Waals surface area contributed by atoms with Crippen molar-refractivity contribution in [3.8, 4) is 11.5 Å². The van der Waals surface area contributed by atoms with E-state index in [1.165, 1.54) is 0 Å². The van der Waals surface area contributed by atoms with Gasteiger partial charge in [-0.1, -0.05) is 0 Å². The average molecular weight is 347 g/mol. The number of nitrogens with one attached hydrogen (secondary N) is 1. The summed E-state index contributed by atoms with van der Waals surface area (Å²) < 4.78 is 5.12. The van der Waals surface area contributed by atoms with Gasteiger partial charge in [0.1, 0.15) is 0 Å². The number of ether oxygens (including phenoxy) is 1. The van der Waals surface area contributed by atoms with Gasteiger partial charge in [-0.3, -0.25) is 0 Å². The van der Waals surface area contributed by atoms with E-state index in [0.29, 0.717) is 17.4 Å². The van der Waals surface area contributed by atoms with Gasteiger partial charge in [-0.05, 0) is 0 Å². The monoisotopic (exact) mass is 347 g/mol. The van der Waals surface area contributed by atoms with Crippen LogP contribution in [0.4, 0.5) is 5.69 Å². The number of aliphatic hydroxyl groups is 1. The molecule has 0 saturated carbocycles. The molecule has 21 heavy (non-hydrogen) atoms. The van der Waals surface area contributed by atoms with Crippen molar-refractivity contribution in [2.24, 2.45) is 0 Å². The molecule has 0 saturated heterocycles. The van der Waals surface area contributed by atoms with E-state index < -0.39 is 6.10 Å². The third kappa shape index (κ3) is 4.16. The maximum atomic E-state index is 9.88. The van der Waals surface area contributed by atoms with Crippen LogP contribution in [0.25, 0.3) is 0 Å². The topological polar surface area (TPSA) is 61.7 Å². The van der Waals surface area contributed by atoms with Crippen molar-refractivity contribution in [1.82, 2.24) is 0 Å². The Morgan fingerprint density at radius 1 is 1.19 bits per heavy atom. The summed E-state index contributed by atoms with van der Waals surface area (Å²) in [4.78, 5) is 0. The van der Waals surface area contributed by atoms with Crippen molar-refractivity contribution in [2.45, 2.75) is 17.9 Å². The molecular weight excluding hydrogens is 329 g/mol. The molecule has 1 unspecified atom stereocenters. The van der Waals surface area contributed by atoms with E-state index in [2.05, 4.69) is 22.2 Å². The van der Waals surface area contributed by atoms with Crippen molar-refractivity contribution >= 4 is 22.5 Å². The van der Waals surface area contributed by atoms with Crippen molar-refractivity contribution in [3.63, 3.8) is 0 Å². The summed E-state index contributed by atoms with van der Waals surface area (Å²) in [7, 11) is 1.63. The van der Waals surface area contributed by atoms with Gasteiger partial charge < -0.3 is 0 Å². The van der Waals surface area contributed by atoms with Gasteiger partial charge in [0.15, 0.2) is 0 Å². The Morgan fingerprint density at radius 3 is 2.52 bits per heavy atom. The quantitative estimate of drug-likeness (QED) is 0.555. The molecule has 0 fully saturated rings. The van der Waals surface area contributed by atoms with Crippen LogP contribution in [0.2, 0.25) is 5.21 Å². The molecule has 0 aliphatic carbocycles. The Balaban J connectivity index is 2.07. The third-order valence-electron chi connectivity index (χ3n) is 3.22. The van der Waals surface area contributed by atoms with E-state index in [1.54, 1.807) is 25.3 Å². The second-order valence-corrected chi connectivity index (χ2v) is 5.44. The molecule has 4 nitrogen and oxygen atoms in total. The molecule has 0 aliphatic rings. The van der Waals surface area contributed by atoms with E-state index in [1.807, 2.05) is 24.3 Å². The zero-order valence-electron chi connectivity index (χ0n) is 11.8. The van der Waals surface area contributed by atoms with Crippen LogP contribution < -0.4 is 10.1 Å². The summed E-state index contributed by atoms with van der Waals surface area (Å²) in [5.41, 5.74) is 2.47. The number of aromatic hydroxyl groups is 1. The molecule has 2 aromatic carbocycles. The predicted octanol–water partition coefficient (Wildman–Crippen LogP) is 2.63. The Morgan fingerprint density at radius 2 is 1.90 bits per heavy atom. The molecule has 0 bridgehead atoms. The molecule has 0 aliphatic heterocycles. The summed E-state index contributed by atoms with van der Waals surface area (Å²) in [5, 5.41) is 23.5. The summed E-state index contributed by atoms with van der Waals surface area (Å²) >= 11 is 2.36. The van der Waals surface area contributed by atoms with Crippen molar-refractivity contribution in [2.75, 3.05) is 12.4 Å².